The van der Waals surface area contributed by atoms with Crippen molar-refractivity contribution in [3.63, 3.8) is 0 Å². The minimum Gasteiger partial charge on any atom is -0.490 e. The average molecular weight is 362 g/mol. The number of fused-ring (bicyclic) bond motifs is 1. The van der Waals surface area contributed by atoms with Crippen molar-refractivity contribution in [2.75, 3.05) is 37.0 Å². The summed E-state index contributed by atoms with van der Waals surface area (Å²) in [6, 6.07) is 5.24. The second kappa shape index (κ2) is 7.58. The number of ether oxygens (including phenoxy) is 2. The molecule has 0 saturated heterocycles. The van der Waals surface area contributed by atoms with Crippen molar-refractivity contribution >= 4 is 33.8 Å². The Morgan fingerprint density at radius 2 is 2.24 bits per heavy atom. The van der Waals surface area contributed by atoms with Crippen molar-refractivity contribution in [3.05, 3.63) is 28.8 Å². The highest BCUT2D eigenvalue weighted by molar-refractivity contribution is 7.15. The Balaban J connectivity index is 1.69. The van der Waals surface area contributed by atoms with Crippen molar-refractivity contribution in [2.45, 2.75) is 13.5 Å². The summed E-state index contributed by atoms with van der Waals surface area (Å²) in [5.74, 6) is 0.431. The van der Waals surface area contributed by atoms with Crippen LogP contribution < -0.4 is 15.0 Å². The average Bonchev–Trinajstić information content (AvgIpc) is 3.02. The number of benzene rings is 1. The number of amides is 1. The van der Waals surface area contributed by atoms with E-state index in [0.717, 1.165) is 5.69 Å². The van der Waals surface area contributed by atoms with Gasteiger partial charge in [0.05, 0.1) is 18.8 Å². The number of nitrogens with zero attached hydrogens (tertiary/aromatic N) is 3. The molecule has 0 unspecified atom stereocenters. The first kappa shape index (κ1) is 17.3. The highest BCUT2D eigenvalue weighted by Crippen LogP contribution is 2.32. The Morgan fingerprint density at radius 3 is 3.00 bits per heavy atom. The standard InChI is InChI=1S/C16H18N4O4S/c1-10(21)11-3-4-13-12(7-11)20(5-6-24-13)8-14(22)17-16-19-18-15(25-16)9-23-2/h3-4,7H,5-6,8-9H2,1-2H3,(H,17,19,22). The summed E-state index contributed by atoms with van der Waals surface area (Å²) >= 11 is 1.27. The fourth-order valence-corrected chi connectivity index (χ4v) is 3.20. The van der Waals surface area contributed by atoms with E-state index in [0.29, 0.717) is 41.2 Å². The molecule has 0 bridgehead atoms. The molecule has 1 aromatic carbocycles. The highest BCUT2D eigenvalue weighted by Gasteiger charge is 2.22. The van der Waals surface area contributed by atoms with Crippen LogP contribution in [0, 0.1) is 0 Å². The Morgan fingerprint density at radius 1 is 1.40 bits per heavy atom. The minimum atomic E-state index is -0.207. The van der Waals surface area contributed by atoms with Crippen LogP contribution >= 0.6 is 11.3 Å². The first-order valence-corrected chi connectivity index (χ1v) is 8.52. The molecule has 1 N–H and O–H groups in total. The van der Waals surface area contributed by atoms with Crippen LogP contribution in [-0.2, 0) is 16.1 Å². The maximum absolute atomic E-state index is 12.3. The molecule has 2 aromatic rings. The minimum absolute atomic E-state index is 0.0303. The monoisotopic (exact) mass is 362 g/mol. The van der Waals surface area contributed by atoms with E-state index >= 15 is 0 Å². The summed E-state index contributed by atoms with van der Waals surface area (Å²) in [4.78, 5) is 25.8. The third-order valence-electron chi connectivity index (χ3n) is 3.64. The second-order valence-corrected chi connectivity index (χ2v) is 6.55. The van der Waals surface area contributed by atoms with Crippen molar-refractivity contribution in [2.24, 2.45) is 0 Å². The molecular formula is C16H18N4O4S. The fraction of sp³-hybridized carbons (Fsp3) is 0.375. The van der Waals surface area contributed by atoms with Gasteiger partial charge in [-0.15, -0.1) is 10.2 Å². The first-order chi connectivity index (χ1) is 12.1. The summed E-state index contributed by atoms with van der Waals surface area (Å²) in [7, 11) is 1.57. The van der Waals surface area contributed by atoms with Gasteiger partial charge in [0.25, 0.3) is 0 Å². The van der Waals surface area contributed by atoms with Gasteiger partial charge in [-0.2, -0.15) is 0 Å². The summed E-state index contributed by atoms with van der Waals surface area (Å²) in [6.07, 6.45) is 0. The smallest absolute Gasteiger partial charge is 0.245 e. The van der Waals surface area contributed by atoms with Gasteiger partial charge in [-0.25, -0.2) is 0 Å². The molecule has 1 aromatic heterocycles. The summed E-state index contributed by atoms with van der Waals surface area (Å²) in [6.45, 7) is 3.05. The molecule has 1 aliphatic heterocycles. The number of carbonyl (C=O) groups excluding carboxylic acids is 2. The number of methoxy groups -OCH3 is 1. The molecule has 2 heterocycles. The van der Waals surface area contributed by atoms with E-state index in [1.54, 1.807) is 25.3 Å². The number of hydrogen-bond acceptors (Lipinski definition) is 8. The third-order valence-corrected chi connectivity index (χ3v) is 4.45. The number of hydrogen-bond donors (Lipinski definition) is 1. The third kappa shape index (κ3) is 4.12. The molecule has 0 fully saturated rings. The maximum atomic E-state index is 12.3. The topological polar surface area (TPSA) is 93.7 Å². The van der Waals surface area contributed by atoms with Crippen molar-refractivity contribution in [3.8, 4) is 5.75 Å². The molecule has 1 aliphatic rings. The van der Waals surface area contributed by atoms with Crippen LogP contribution in [0.5, 0.6) is 5.75 Å². The maximum Gasteiger partial charge on any atom is 0.245 e. The predicted molar refractivity (Wildman–Crippen MR) is 93.4 cm³/mol. The van der Waals surface area contributed by atoms with E-state index in [-0.39, 0.29) is 18.2 Å². The lowest BCUT2D eigenvalue weighted by Crippen LogP contribution is -2.38. The summed E-state index contributed by atoms with van der Waals surface area (Å²) in [5, 5.41) is 11.7. The first-order valence-electron chi connectivity index (χ1n) is 7.70. The van der Waals surface area contributed by atoms with E-state index in [9.17, 15) is 9.59 Å². The van der Waals surface area contributed by atoms with Gasteiger partial charge in [-0.3, -0.25) is 14.9 Å². The number of nitrogens with one attached hydrogen (secondary N) is 1. The van der Waals surface area contributed by atoms with Crippen LogP contribution in [-0.4, -0.2) is 48.7 Å². The van der Waals surface area contributed by atoms with Crippen LogP contribution in [0.15, 0.2) is 18.2 Å². The normalized spacial score (nSPS) is 13.1. The Bertz CT molecular complexity index is 792. The number of ketones is 1. The Labute approximate surface area is 148 Å². The van der Waals surface area contributed by atoms with Gasteiger partial charge in [0, 0.05) is 12.7 Å². The molecule has 0 radical (unpaired) electrons. The fourth-order valence-electron chi connectivity index (χ4n) is 2.47. The quantitative estimate of drug-likeness (QED) is 0.782. The van der Waals surface area contributed by atoms with Gasteiger partial charge < -0.3 is 14.4 Å². The van der Waals surface area contributed by atoms with Crippen LogP contribution in [0.3, 0.4) is 0 Å². The Kier molecular flexibility index (Phi) is 5.25. The van der Waals surface area contributed by atoms with Gasteiger partial charge in [0.15, 0.2) is 5.78 Å². The lowest BCUT2D eigenvalue weighted by molar-refractivity contribution is -0.115. The molecule has 1 amide bonds. The van der Waals surface area contributed by atoms with E-state index in [4.69, 9.17) is 9.47 Å². The molecular weight excluding hydrogens is 344 g/mol. The zero-order chi connectivity index (χ0) is 17.8. The molecule has 132 valence electrons. The van der Waals surface area contributed by atoms with Crippen LogP contribution in [0.25, 0.3) is 0 Å². The molecule has 0 atom stereocenters. The van der Waals surface area contributed by atoms with E-state index < -0.39 is 0 Å². The zero-order valence-electron chi connectivity index (χ0n) is 13.9. The van der Waals surface area contributed by atoms with Crippen molar-refractivity contribution in [1.82, 2.24) is 10.2 Å². The number of rotatable bonds is 6. The van der Waals surface area contributed by atoms with Crippen LogP contribution in [0.4, 0.5) is 10.8 Å². The van der Waals surface area contributed by atoms with E-state index in [1.165, 1.54) is 18.3 Å². The van der Waals surface area contributed by atoms with E-state index in [2.05, 4.69) is 15.5 Å². The predicted octanol–water partition coefficient (Wildman–Crippen LogP) is 1.72. The molecule has 0 aliphatic carbocycles. The van der Waals surface area contributed by atoms with Gasteiger partial charge in [-0.1, -0.05) is 11.3 Å². The highest BCUT2D eigenvalue weighted by atomic mass is 32.1. The zero-order valence-corrected chi connectivity index (χ0v) is 14.8. The molecule has 3 rings (SSSR count). The lowest BCUT2D eigenvalue weighted by atomic mass is 10.1. The van der Waals surface area contributed by atoms with Crippen LogP contribution in [0.1, 0.15) is 22.3 Å². The molecule has 0 spiro atoms. The molecule has 25 heavy (non-hydrogen) atoms. The summed E-state index contributed by atoms with van der Waals surface area (Å²) < 4.78 is 10.6. The van der Waals surface area contributed by atoms with Gasteiger partial charge in [0.1, 0.15) is 24.0 Å². The van der Waals surface area contributed by atoms with Gasteiger partial charge in [0.2, 0.25) is 11.0 Å². The van der Waals surface area contributed by atoms with Gasteiger partial charge >= 0.3 is 0 Å². The lowest BCUT2D eigenvalue weighted by Gasteiger charge is -2.30. The van der Waals surface area contributed by atoms with Crippen LogP contribution in [0.2, 0.25) is 0 Å². The number of anilines is 2. The molecule has 8 nitrogen and oxygen atoms in total. The second-order valence-electron chi connectivity index (χ2n) is 5.49. The van der Waals surface area contributed by atoms with E-state index in [1.807, 2.05) is 4.90 Å². The van der Waals surface area contributed by atoms with Crippen molar-refractivity contribution in [1.29, 1.82) is 0 Å². The SMILES string of the molecule is COCc1nnc(NC(=O)CN2CCOc3ccc(C(C)=O)cc32)s1. The molecule has 0 saturated carbocycles. The van der Waals surface area contributed by atoms with Crippen molar-refractivity contribution < 1.29 is 19.1 Å². The Hall–Kier alpha value is -2.52. The number of aromatic nitrogens is 2. The number of carbonyl (C=O) groups is 2. The largest absolute Gasteiger partial charge is 0.490 e. The number of Topliss-reactive ketones (excluding diaryl/α,β-unsaturated/α-hetero) is 1. The summed E-state index contributed by atoms with van der Waals surface area (Å²) in [5.41, 5.74) is 1.33. The van der Waals surface area contributed by atoms with Gasteiger partial charge in [-0.05, 0) is 25.1 Å². The molecule has 9 heteroatoms.